The molecule has 16 heavy (non-hydrogen) atoms. The molecule has 0 aromatic heterocycles. The highest BCUT2D eigenvalue weighted by molar-refractivity contribution is 6.00. The van der Waals surface area contributed by atoms with Crippen LogP contribution in [-0.2, 0) is 14.3 Å². The lowest BCUT2D eigenvalue weighted by atomic mass is 9.63. The van der Waals surface area contributed by atoms with Crippen LogP contribution in [0.2, 0.25) is 0 Å². The molecule has 1 atom stereocenters. The summed E-state index contributed by atoms with van der Waals surface area (Å²) in [5.41, 5.74) is -0.311. The molecular formula is C13H20O3. The summed E-state index contributed by atoms with van der Waals surface area (Å²) in [7, 11) is 0. The third-order valence-electron chi connectivity index (χ3n) is 3.95. The maximum Gasteiger partial charge on any atom is 0.166 e. The van der Waals surface area contributed by atoms with E-state index in [2.05, 4.69) is 6.58 Å². The zero-order valence-electron chi connectivity index (χ0n) is 10.6. The van der Waals surface area contributed by atoms with Crippen molar-refractivity contribution in [3.8, 4) is 0 Å². The second kappa shape index (κ2) is 3.17. The van der Waals surface area contributed by atoms with E-state index in [0.717, 1.165) is 6.42 Å². The first kappa shape index (κ1) is 11.8. The quantitative estimate of drug-likeness (QED) is 0.593. The van der Waals surface area contributed by atoms with Gasteiger partial charge in [0.1, 0.15) is 5.60 Å². The average Bonchev–Trinajstić information content (AvgIpc) is 2.49. The molecule has 0 N–H and O–H groups in total. The molecule has 0 radical (unpaired) electrons. The Bertz CT molecular complexity index is 354. The molecular weight excluding hydrogens is 204 g/mol. The highest BCUT2D eigenvalue weighted by Crippen LogP contribution is 2.51. The van der Waals surface area contributed by atoms with E-state index < -0.39 is 16.8 Å². The minimum atomic E-state index is -0.587. The number of ketones is 1. The molecule has 1 saturated carbocycles. The van der Waals surface area contributed by atoms with Gasteiger partial charge in [-0.25, -0.2) is 0 Å². The number of carbonyl (C=O) groups excluding carboxylic acids is 1. The maximum absolute atomic E-state index is 12.2. The zero-order chi connectivity index (χ0) is 12.2. The first-order valence-electron chi connectivity index (χ1n) is 5.77. The molecule has 3 heteroatoms. The van der Waals surface area contributed by atoms with Gasteiger partial charge in [0.25, 0.3) is 0 Å². The largest absolute Gasteiger partial charge is 0.347 e. The van der Waals surface area contributed by atoms with Gasteiger partial charge in [0.15, 0.2) is 11.6 Å². The van der Waals surface area contributed by atoms with Crippen molar-refractivity contribution in [2.75, 3.05) is 6.61 Å². The molecule has 2 aliphatic rings. The topological polar surface area (TPSA) is 35.5 Å². The van der Waals surface area contributed by atoms with E-state index in [1.807, 2.05) is 27.7 Å². The van der Waals surface area contributed by atoms with Crippen molar-refractivity contribution in [3.05, 3.63) is 12.2 Å². The Morgan fingerprint density at radius 3 is 2.38 bits per heavy atom. The van der Waals surface area contributed by atoms with Crippen LogP contribution in [0, 0.1) is 5.41 Å². The molecule has 90 valence electrons. The van der Waals surface area contributed by atoms with Gasteiger partial charge in [-0.1, -0.05) is 6.58 Å². The van der Waals surface area contributed by atoms with Gasteiger partial charge < -0.3 is 9.47 Å². The fourth-order valence-electron chi connectivity index (χ4n) is 2.68. The van der Waals surface area contributed by atoms with E-state index in [4.69, 9.17) is 9.47 Å². The van der Waals surface area contributed by atoms with E-state index in [1.165, 1.54) is 0 Å². The SMILES string of the molecule is C=C1CC[C@@]2(COC(C)(C)O2)C(C)(C)C1=O. The van der Waals surface area contributed by atoms with Crippen LogP contribution in [0.3, 0.4) is 0 Å². The summed E-state index contributed by atoms with van der Waals surface area (Å²) in [4.78, 5) is 12.2. The summed E-state index contributed by atoms with van der Waals surface area (Å²) in [6.07, 6.45) is 1.52. The fraction of sp³-hybridized carbons (Fsp3) is 0.769. The van der Waals surface area contributed by atoms with Gasteiger partial charge >= 0.3 is 0 Å². The molecule has 1 aliphatic heterocycles. The number of hydrogen-bond acceptors (Lipinski definition) is 3. The van der Waals surface area contributed by atoms with Crippen molar-refractivity contribution in [2.45, 2.75) is 51.9 Å². The normalized spacial score (nSPS) is 37.0. The van der Waals surface area contributed by atoms with Crippen LogP contribution < -0.4 is 0 Å². The Morgan fingerprint density at radius 2 is 1.88 bits per heavy atom. The molecule has 2 fully saturated rings. The van der Waals surface area contributed by atoms with E-state index in [0.29, 0.717) is 18.6 Å². The Balaban J connectivity index is 2.36. The molecule has 0 aromatic rings. The van der Waals surface area contributed by atoms with Gasteiger partial charge in [-0.15, -0.1) is 0 Å². The summed E-state index contributed by atoms with van der Waals surface area (Å²) in [6.45, 7) is 12.0. The van der Waals surface area contributed by atoms with E-state index in [1.54, 1.807) is 0 Å². The molecule has 0 unspecified atom stereocenters. The highest BCUT2D eigenvalue weighted by Gasteiger charge is 2.59. The van der Waals surface area contributed by atoms with Gasteiger partial charge in [-0.05, 0) is 46.1 Å². The number of carbonyl (C=O) groups is 1. The van der Waals surface area contributed by atoms with Crippen LogP contribution in [-0.4, -0.2) is 23.8 Å². The van der Waals surface area contributed by atoms with E-state index in [-0.39, 0.29) is 5.78 Å². The monoisotopic (exact) mass is 224 g/mol. The number of allylic oxidation sites excluding steroid dienone is 1. The second-order valence-electron chi connectivity index (χ2n) is 5.84. The molecule has 1 saturated heterocycles. The Morgan fingerprint density at radius 1 is 1.25 bits per heavy atom. The lowest BCUT2D eigenvalue weighted by Gasteiger charge is -2.45. The zero-order valence-corrected chi connectivity index (χ0v) is 10.6. The smallest absolute Gasteiger partial charge is 0.166 e. The van der Waals surface area contributed by atoms with Crippen molar-refractivity contribution >= 4 is 5.78 Å². The van der Waals surface area contributed by atoms with Gasteiger partial charge in [0.05, 0.1) is 12.0 Å². The summed E-state index contributed by atoms with van der Waals surface area (Å²) >= 11 is 0. The minimum absolute atomic E-state index is 0.111. The van der Waals surface area contributed by atoms with Gasteiger partial charge in [0, 0.05) is 0 Å². The first-order chi connectivity index (χ1) is 7.20. The summed E-state index contributed by atoms with van der Waals surface area (Å²) in [5.74, 6) is -0.476. The van der Waals surface area contributed by atoms with Crippen LogP contribution in [0.5, 0.6) is 0 Å². The van der Waals surface area contributed by atoms with Gasteiger partial charge in [-0.2, -0.15) is 0 Å². The van der Waals surface area contributed by atoms with Crippen molar-refractivity contribution in [1.29, 1.82) is 0 Å². The maximum atomic E-state index is 12.2. The first-order valence-corrected chi connectivity index (χ1v) is 5.77. The third kappa shape index (κ3) is 1.45. The third-order valence-corrected chi connectivity index (χ3v) is 3.95. The lowest BCUT2D eigenvalue weighted by molar-refractivity contribution is -0.193. The van der Waals surface area contributed by atoms with Crippen molar-refractivity contribution in [2.24, 2.45) is 5.41 Å². The number of ether oxygens (including phenoxy) is 2. The minimum Gasteiger partial charge on any atom is -0.347 e. The standard InChI is InChI=1S/C13H20O3/c1-9-6-7-13(11(2,3)10(9)14)8-15-12(4,5)16-13/h1,6-8H2,2-5H3/t13-/m1/s1. The number of hydrogen-bond donors (Lipinski definition) is 0. The van der Waals surface area contributed by atoms with Crippen molar-refractivity contribution in [3.63, 3.8) is 0 Å². The fourth-order valence-corrected chi connectivity index (χ4v) is 2.68. The molecule has 0 bridgehead atoms. The van der Waals surface area contributed by atoms with Gasteiger partial charge in [-0.3, -0.25) is 4.79 Å². The molecule has 1 spiro atoms. The lowest BCUT2D eigenvalue weighted by Crippen LogP contribution is -2.55. The molecule has 1 heterocycles. The number of rotatable bonds is 0. The molecule has 0 aromatic carbocycles. The summed E-state index contributed by atoms with van der Waals surface area (Å²) in [5, 5.41) is 0. The molecule has 0 amide bonds. The Kier molecular flexibility index (Phi) is 2.34. The predicted molar refractivity (Wildman–Crippen MR) is 61.0 cm³/mol. The van der Waals surface area contributed by atoms with Crippen LogP contribution in [0.1, 0.15) is 40.5 Å². The van der Waals surface area contributed by atoms with Crippen LogP contribution in [0.4, 0.5) is 0 Å². The molecule has 1 aliphatic carbocycles. The molecule has 2 rings (SSSR count). The predicted octanol–water partition coefficient (Wildman–Crippen LogP) is 2.45. The second-order valence-corrected chi connectivity index (χ2v) is 5.84. The van der Waals surface area contributed by atoms with Crippen molar-refractivity contribution in [1.82, 2.24) is 0 Å². The van der Waals surface area contributed by atoms with Crippen LogP contribution in [0.15, 0.2) is 12.2 Å². The van der Waals surface area contributed by atoms with E-state index in [9.17, 15) is 4.79 Å². The van der Waals surface area contributed by atoms with E-state index >= 15 is 0 Å². The van der Waals surface area contributed by atoms with Crippen molar-refractivity contribution < 1.29 is 14.3 Å². The van der Waals surface area contributed by atoms with Gasteiger partial charge in [0.2, 0.25) is 0 Å². The highest BCUT2D eigenvalue weighted by atomic mass is 16.8. The van der Waals surface area contributed by atoms with Crippen LogP contribution in [0.25, 0.3) is 0 Å². The molecule has 3 nitrogen and oxygen atoms in total. The average molecular weight is 224 g/mol. The summed E-state index contributed by atoms with van der Waals surface area (Å²) < 4.78 is 11.7. The number of Topliss-reactive ketones (excluding diaryl/α,β-unsaturated/α-hetero) is 1. The summed E-state index contributed by atoms with van der Waals surface area (Å²) in [6, 6.07) is 0. The Labute approximate surface area is 96.8 Å². The van der Waals surface area contributed by atoms with Crippen LogP contribution >= 0.6 is 0 Å². The Hall–Kier alpha value is -0.670.